The maximum absolute atomic E-state index is 12.3. The third kappa shape index (κ3) is 4.85. The second kappa shape index (κ2) is 8.00. The number of rotatable bonds is 8. The predicted molar refractivity (Wildman–Crippen MR) is 91.8 cm³/mol. The van der Waals surface area contributed by atoms with Crippen molar-refractivity contribution in [3.05, 3.63) is 48.5 Å². The number of hydrogen-bond donors (Lipinski definition) is 4. The van der Waals surface area contributed by atoms with Gasteiger partial charge in [0.2, 0.25) is 0 Å². The lowest BCUT2D eigenvalue weighted by molar-refractivity contribution is 0.105. The van der Waals surface area contributed by atoms with Crippen LogP contribution < -0.4 is 14.8 Å². The number of methoxy groups -OCH3 is 1. The van der Waals surface area contributed by atoms with Crippen LogP contribution in [0.3, 0.4) is 0 Å². The number of aliphatic hydroxyl groups excluding tert-OH is 2. The Hall–Kier alpha value is -2.29. The topological polar surface area (TPSA) is 108 Å². The van der Waals surface area contributed by atoms with E-state index in [1.807, 2.05) is 0 Å². The Morgan fingerprint density at radius 1 is 1.04 bits per heavy atom. The molecule has 0 saturated carbocycles. The SMILES string of the molecule is COc1ccc(NS(=O)(=O)c2ccc(NCC(O)CO)cc2)cc1. The van der Waals surface area contributed by atoms with Crippen LogP contribution in [0, 0.1) is 0 Å². The van der Waals surface area contributed by atoms with Gasteiger partial charge in [-0.05, 0) is 48.5 Å². The van der Waals surface area contributed by atoms with Crippen LogP contribution in [-0.4, -0.2) is 45.0 Å². The van der Waals surface area contributed by atoms with Gasteiger partial charge in [0.25, 0.3) is 10.0 Å². The minimum absolute atomic E-state index is 0.117. The van der Waals surface area contributed by atoms with Crippen molar-refractivity contribution in [2.75, 3.05) is 30.3 Å². The van der Waals surface area contributed by atoms with E-state index in [4.69, 9.17) is 9.84 Å². The molecule has 2 aromatic carbocycles. The number of aliphatic hydroxyl groups is 2. The van der Waals surface area contributed by atoms with Gasteiger partial charge < -0.3 is 20.3 Å². The molecule has 0 fully saturated rings. The highest BCUT2D eigenvalue weighted by Crippen LogP contribution is 2.20. The molecule has 0 aromatic heterocycles. The first-order valence-electron chi connectivity index (χ1n) is 7.24. The standard InChI is InChI=1S/C16H20N2O5S/c1-23-15-6-2-13(3-7-15)18-24(21,22)16-8-4-12(5-9-16)17-10-14(20)11-19/h2-9,14,17-20H,10-11H2,1H3. The molecule has 4 N–H and O–H groups in total. The predicted octanol–water partition coefficient (Wildman–Crippen LogP) is 1.26. The van der Waals surface area contributed by atoms with Crippen molar-refractivity contribution in [1.29, 1.82) is 0 Å². The average Bonchev–Trinajstić information content (AvgIpc) is 2.60. The Labute approximate surface area is 141 Å². The van der Waals surface area contributed by atoms with Crippen molar-refractivity contribution < 1.29 is 23.4 Å². The molecular weight excluding hydrogens is 332 g/mol. The normalized spacial score (nSPS) is 12.5. The summed E-state index contributed by atoms with van der Waals surface area (Å²) in [5, 5.41) is 20.9. The first kappa shape index (κ1) is 18.1. The van der Waals surface area contributed by atoms with Crippen LogP contribution in [0.25, 0.3) is 0 Å². The molecule has 1 atom stereocenters. The molecule has 1 unspecified atom stereocenters. The lowest BCUT2D eigenvalue weighted by Crippen LogP contribution is -2.22. The van der Waals surface area contributed by atoms with Crippen LogP contribution in [0.2, 0.25) is 0 Å². The first-order chi connectivity index (χ1) is 11.4. The summed E-state index contributed by atoms with van der Waals surface area (Å²) in [6.45, 7) is -0.169. The fourth-order valence-corrected chi connectivity index (χ4v) is 2.98. The van der Waals surface area contributed by atoms with Gasteiger partial charge in [0, 0.05) is 17.9 Å². The van der Waals surface area contributed by atoms with E-state index in [1.165, 1.54) is 19.2 Å². The van der Waals surface area contributed by atoms with Crippen LogP contribution in [0.15, 0.2) is 53.4 Å². The molecule has 0 bridgehead atoms. The molecule has 0 radical (unpaired) electrons. The number of nitrogens with one attached hydrogen (secondary N) is 2. The molecule has 0 spiro atoms. The summed E-state index contributed by atoms with van der Waals surface area (Å²) in [4.78, 5) is 0.117. The Bertz CT molecular complexity index is 745. The molecule has 130 valence electrons. The summed E-state index contributed by atoms with van der Waals surface area (Å²) in [7, 11) is -2.16. The summed E-state index contributed by atoms with van der Waals surface area (Å²) < 4.78 is 32.2. The molecule has 2 rings (SSSR count). The Morgan fingerprint density at radius 2 is 1.62 bits per heavy atom. The van der Waals surface area contributed by atoms with E-state index in [0.717, 1.165) is 0 Å². The van der Waals surface area contributed by atoms with Gasteiger partial charge in [-0.25, -0.2) is 8.42 Å². The second-order valence-electron chi connectivity index (χ2n) is 5.08. The third-order valence-electron chi connectivity index (χ3n) is 3.26. The van der Waals surface area contributed by atoms with E-state index in [2.05, 4.69) is 10.0 Å². The minimum atomic E-state index is -3.69. The van der Waals surface area contributed by atoms with Crippen LogP contribution in [0.1, 0.15) is 0 Å². The van der Waals surface area contributed by atoms with Crippen molar-refractivity contribution in [2.24, 2.45) is 0 Å². The molecule has 24 heavy (non-hydrogen) atoms. The molecule has 7 nitrogen and oxygen atoms in total. The smallest absolute Gasteiger partial charge is 0.261 e. The van der Waals surface area contributed by atoms with Gasteiger partial charge in [-0.2, -0.15) is 0 Å². The monoisotopic (exact) mass is 352 g/mol. The van der Waals surface area contributed by atoms with Crippen LogP contribution in [0.5, 0.6) is 5.75 Å². The van der Waals surface area contributed by atoms with Crippen molar-refractivity contribution in [3.63, 3.8) is 0 Å². The molecule has 0 aliphatic carbocycles. The van der Waals surface area contributed by atoms with Crippen LogP contribution in [0.4, 0.5) is 11.4 Å². The fraction of sp³-hybridized carbons (Fsp3) is 0.250. The fourth-order valence-electron chi connectivity index (χ4n) is 1.93. The highest BCUT2D eigenvalue weighted by Gasteiger charge is 2.14. The molecule has 0 aliphatic rings. The number of sulfonamides is 1. The highest BCUT2D eigenvalue weighted by molar-refractivity contribution is 7.92. The lowest BCUT2D eigenvalue weighted by atomic mass is 10.3. The van der Waals surface area contributed by atoms with Crippen molar-refractivity contribution in [2.45, 2.75) is 11.0 Å². The summed E-state index contributed by atoms with van der Waals surface area (Å²) in [5.74, 6) is 0.637. The van der Waals surface area contributed by atoms with E-state index in [9.17, 15) is 13.5 Å². The van der Waals surface area contributed by atoms with Gasteiger partial charge in [0.15, 0.2) is 0 Å². The molecule has 2 aromatic rings. The molecular formula is C16H20N2O5S. The van der Waals surface area contributed by atoms with Crippen molar-refractivity contribution in [1.82, 2.24) is 0 Å². The maximum Gasteiger partial charge on any atom is 0.261 e. The first-order valence-corrected chi connectivity index (χ1v) is 8.72. The van der Waals surface area contributed by atoms with Crippen molar-refractivity contribution in [3.8, 4) is 5.75 Å². The number of benzene rings is 2. The molecule has 0 amide bonds. The van der Waals surface area contributed by atoms with Gasteiger partial charge in [-0.1, -0.05) is 0 Å². The maximum atomic E-state index is 12.3. The molecule has 0 saturated heterocycles. The van der Waals surface area contributed by atoms with Crippen LogP contribution in [-0.2, 0) is 10.0 Å². The van der Waals surface area contributed by atoms with E-state index in [-0.39, 0.29) is 18.0 Å². The quantitative estimate of drug-likeness (QED) is 0.570. The zero-order valence-corrected chi connectivity index (χ0v) is 14.0. The molecule has 0 aliphatic heterocycles. The van der Waals surface area contributed by atoms with Gasteiger partial charge in [-0.15, -0.1) is 0 Å². The van der Waals surface area contributed by atoms with E-state index in [0.29, 0.717) is 17.1 Å². The lowest BCUT2D eigenvalue weighted by Gasteiger charge is -2.12. The Balaban J connectivity index is 2.05. The van der Waals surface area contributed by atoms with E-state index in [1.54, 1.807) is 36.4 Å². The highest BCUT2D eigenvalue weighted by atomic mass is 32.2. The zero-order chi connectivity index (χ0) is 17.6. The minimum Gasteiger partial charge on any atom is -0.497 e. The van der Waals surface area contributed by atoms with Gasteiger partial charge in [0.1, 0.15) is 5.75 Å². The summed E-state index contributed by atoms with van der Waals surface area (Å²) >= 11 is 0. The van der Waals surface area contributed by atoms with E-state index >= 15 is 0 Å². The molecule has 0 heterocycles. The summed E-state index contributed by atoms with van der Waals surface area (Å²) in [5.41, 5.74) is 1.08. The third-order valence-corrected chi connectivity index (χ3v) is 4.66. The zero-order valence-electron chi connectivity index (χ0n) is 13.1. The van der Waals surface area contributed by atoms with Crippen LogP contribution >= 0.6 is 0 Å². The summed E-state index contributed by atoms with van der Waals surface area (Å²) in [6.07, 6.45) is -0.870. The number of hydrogen-bond acceptors (Lipinski definition) is 6. The Kier molecular flexibility index (Phi) is 6.02. The van der Waals surface area contributed by atoms with E-state index < -0.39 is 16.1 Å². The largest absolute Gasteiger partial charge is 0.497 e. The van der Waals surface area contributed by atoms with Gasteiger partial charge >= 0.3 is 0 Å². The number of anilines is 2. The number of ether oxygens (including phenoxy) is 1. The average molecular weight is 352 g/mol. The van der Waals surface area contributed by atoms with Gasteiger partial charge in [0.05, 0.1) is 24.7 Å². The summed E-state index contributed by atoms with van der Waals surface area (Å²) in [6, 6.07) is 12.7. The molecule has 8 heteroatoms. The Morgan fingerprint density at radius 3 is 2.17 bits per heavy atom. The van der Waals surface area contributed by atoms with Gasteiger partial charge in [-0.3, -0.25) is 4.72 Å². The second-order valence-corrected chi connectivity index (χ2v) is 6.76. The van der Waals surface area contributed by atoms with Crippen molar-refractivity contribution >= 4 is 21.4 Å².